The Bertz CT molecular complexity index is 615. The SMILES string of the molecule is C/C=C/c1cc2c(OC)c(OC)ccc2cc1OC. The molecular weight excluding hydrogens is 240 g/mol. The molecule has 0 aromatic heterocycles. The normalized spacial score (nSPS) is 10.9. The second kappa shape index (κ2) is 5.65. The highest BCUT2D eigenvalue weighted by Crippen LogP contribution is 2.38. The number of hydrogen-bond acceptors (Lipinski definition) is 3. The van der Waals surface area contributed by atoms with Crippen molar-refractivity contribution >= 4 is 16.8 Å². The van der Waals surface area contributed by atoms with Gasteiger partial charge in [-0.05, 0) is 30.5 Å². The van der Waals surface area contributed by atoms with Crippen molar-refractivity contribution in [1.82, 2.24) is 0 Å². The lowest BCUT2D eigenvalue weighted by molar-refractivity contribution is 0.358. The molecule has 0 fully saturated rings. The fourth-order valence-electron chi connectivity index (χ4n) is 2.18. The number of ether oxygens (including phenoxy) is 3. The van der Waals surface area contributed by atoms with Crippen molar-refractivity contribution in [2.45, 2.75) is 6.92 Å². The standard InChI is InChI=1S/C16H18O3/c1-5-6-12-9-13-11(10-15(12)18-3)7-8-14(17-2)16(13)19-4/h5-10H,1-4H3/b6-5+. The molecule has 0 heterocycles. The van der Waals surface area contributed by atoms with E-state index in [9.17, 15) is 0 Å². The molecule has 0 N–H and O–H groups in total. The first kappa shape index (κ1) is 13.3. The predicted molar refractivity (Wildman–Crippen MR) is 78.3 cm³/mol. The van der Waals surface area contributed by atoms with E-state index in [2.05, 4.69) is 6.07 Å². The summed E-state index contributed by atoms with van der Waals surface area (Å²) >= 11 is 0. The molecular formula is C16H18O3. The maximum atomic E-state index is 5.47. The van der Waals surface area contributed by atoms with Gasteiger partial charge < -0.3 is 14.2 Å². The van der Waals surface area contributed by atoms with Gasteiger partial charge in [0.05, 0.1) is 21.3 Å². The number of rotatable bonds is 4. The monoisotopic (exact) mass is 258 g/mol. The summed E-state index contributed by atoms with van der Waals surface area (Å²) in [4.78, 5) is 0. The number of fused-ring (bicyclic) bond motifs is 1. The third-order valence-electron chi connectivity index (χ3n) is 3.05. The third-order valence-corrected chi connectivity index (χ3v) is 3.05. The lowest BCUT2D eigenvalue weighted by Crippen LogP contribution is -1.93. The molecule has 0 saturated carbocycles. The van der Waals surface area contributed by atoms with Crippen LogP contribution in [0, 0.1) is 0 Å². The smallest absolute Gasteiger partial charge is 0.168 e. The second-order valence-electron chi connectivity index (χ2n) is 4.12. The summed E-state index contributed by atoms with van der Waals surface area (Å²) in [5, 5.41) is 2.07. The van der Waals surface area contributed by atoms with Crippen molar-refractivity contribution < 1.29 is 14.2 Å². The summed E-state index contributed by atoms with van der Waals surface area (Å²) in [5.41, 5.74) is 1.02. The van der Waals surface area contributed by atoms with Crippen LogP contribution >= 0.6 is 0 Å². The maximum absolute atomic E-state index is 5.47. The molecule has 2 rings (SSSR count). The molecule has 0 saturated heterocycles. The highest BCUT2D eigenvalue weighted by Gasteiger charge is 2.11. The average Bonchev–Trinajstić information content (AvgIpc) is 2.45. The van der Waals surface area contributed by atoms with E-state index >= 15 is 0 Å². The number of methoxy groups -OCH3 is 3. The molecule has 2 aromatic carbocycles. The van der Waals surface area contributed by atoms with Crippen LogP contribution < -0.4 is 14.2 Å². The van der Waals surface area contributed by atoms with E-state index in [0.29, 0.717) is 0 Å². The van der Waals surface area contributed by atoms with Gasteiger partial charge in [0, 0.05) is 10.9 Å². The van der Waals surface area contributed by atoms with Crippen LogP contribution in [-0.2, 0) is 0 Å². The van der Waals surface area contributed by atoms with Gasteiger partial charge in [0.2, 0.25) is 0 Å². The van der Waals surface area contributed by atoms with Crippen molar-refractivity contribution in [2.24, 2.45) is 0 Å². The first-order chi connectivity index (χ1) is 9.24. The van der Waals surface area contributed by atoms with Crippen molar-refractivity contribution in [3.63, 3.8) is 0 Å². The Balaban J connectivity index is 2.78. The molecule has 19 heavy (non-hydrogen) atoms. The molecule has 0 radical (unpaired) electrons. The van der Waals surface area contributed by atoms with Gasteiger partial charge in [-0.3, -0.25) is 0 Å². The molecule has 0 aliphatic carbocycles. The topological polar surface area (TPSA) is 27.7 Å². The molecule has 2 aromatic rings. The lowest BCUT2D eigenvalue weighted by atomic mass is 10.0. The van der Waals surface area contributed by atoms with Gasteiger partial charge in [-0.25, -0.2) is 0 Å². The number of hydrogen-bond donors (Lipinski definition) is 0. The largest absolute Gasteiger partial charge is 0.496 e. The molecule has 0 aliphatic rings. The summed E-state index contributed by atoms with van der Waals surface area (Å²) in [6, 6.07) is 7.96. The molecule has 0 spiro atoms. The molecule has 100 valence electrons. The van der Waals surface area contributed by atoms with Gasteiger partial charge in [0.1, 0.15) is 5.75 Å². The summed E-state index contributed by atoms with van der Waals surface area (Å²) in [6.45, 7) is 1.98. The van der Waals surface area contributed by atoms with E-state index < -0.39 is 0 Å². The van der Waals surface area contributed by atoms with Crippen LogP contribution in [0.4, 0.5) is 0 Å². The summed E-state index contributed by atoms with van der Waals surface area (Å²) in [7, 11) is 4.96. The van der Waals surface area contributed by atoms with Gasteiger partial charge in [0.15, 0.2) is 11.5 Å². The highest BCUT2D eigenvalue weighted by molar-refractivity contribution is 5.94. The Kier molecular flexibility index (Phi) is 3.95. The Hall–Kier alpha value is -2.16. The van der Waals surface area contributed by atoms with Crippen LogP contribution in [0.2, 0.25) is 0 Å². The number of allylic oxidation sites excluding steroid dienone is 1. The van der Waals surface area contributed by atoms with Crippen LogP contribution in [-0.4, -0.2) is 21.3 Å². The van der Waals surface area contributed by atoms with Crippen molar-refractivity contribution in [1.29, 1.82) is 0 Å². The van der Waals surface area contributed by atoms with Gasteiger partial charge in [0.25, 0.3) is 0 Å². The minimum atomic E-state index is 0.728. The molecule has 3 heteroatoms. The first-order valence-corrected chi connectivity index (χ1v) is 6.10. The quantitative estimate of drug-likeness (QED) is 0.832. The van der Waals surface area contributed by atoms with Gasteiger partial charge >= 0.3 is 0 Å². The zero-order valence-electron chi connectivity index (χ0n) is 11.7. The number of benzene rings is 2. The van der Waals surface area contributed by atoms with E-state index in [4.69, 9.17) is 14.2 Å². The van der Waals surface area contributed by atoms with Crippen LogP contribution in [0.3, 0.4) is 0 Å². The van der Waals surface area contributed by atoms with Gasteiger partial charge in [-0.15, -0.1) is 0 Å². The Morgan fingerprint density at radius 3 is 2.21 bits per heavy atom. The fraction of sp³-hybridized carbons (Fsp3) is 0.250. The molecule has 0 unspecified atom stereocenters. The highest BCUT2D eigenvalue weighted by atomic mass is 16.5. The van der Waals surface area contributed by atoms with Crippen molar-refractivity contribution in [3.8, 4) is 17.2 Å². The lowest BCUT2D eigenvalue weighted by Gasteiger charge is -2.13. The van der Waals surface area contributed by atoms with Crippen LogP contribution in [0.5, 0.6) is 17.2 Å². The van der Waals surface area contributed by atoms with E-state index in [1.165, 1.54) is 0 Å². The Labute approximate surface area is 113 Å². The van der Waals surface area contributed by atoms with Crippen molar-refractivity contribution in [2.75, 3.05) is 21.3 Å². The van der Waals surface area contributed by atoms with E-state index in [0.717, 1.165) is 33.6 Å². The third kappa shape index (κ3) is 2.36. The molecule has 0 aliphatic heterocycles. The van der Waals surface area contributed by atoms with Crippen LogP contribution in [0.25, 0.3) is 16.8 Å². The van der Waals surface area contributed by atoms with Gasteiger partial charge in [-0.2, -0.15) is 0 Å². The maximum Gasteiger partial charge on any atom is 0.168 e. The zero-order valence-corrected chi connectivity index (χ0v) is 11.7. The van der Waals surface area contributed by atoms with Crippen molar-refractivity contribution in [3.05, 3.63) is 35.9 Å². The van der Waals surface area contributed by atoms with Gasteiger partial charge in [-0.1, -0.05) is 18.2 Å². The minimum Gasteiger partial charge on any atom is -0.496 e. The Morgan fingerprint density at radius 2 is 1.63 bits per heavy atom. The van der Waals surface area contributed by atoms with E-state index in [-0.39, 0.29) is 0 Å². The molecule has 3 nitrogen and oxygen atoms in total. The fourth-order valence-corrected chi connectivity index (χ4v) is 2.18. The molecule has 0 amide bonds. The predicted octanol–water partition coefficient (Wildman–Crippen LogP) is 3.90. The van der Waals surface area contributed by atoms with E-state index in [1.54, 1.807) is 21.3 Å². The summed E-state index contributed by atoms with van der Waals surface area (Å²) in [5.74, 6) is 2.32. The minimum absolute atomic E-state index is 0.728. The molecule has 0 atom stereocenters. The second-order valence-corrected chi connectivity index (χ2v) is 4.12. The molecule has 0 bridgehead atoms. The Morgan fingerprint density at radius 1 is 0.895 bits per heavy atom. The summed E-state index contributed by atoms with van der Waals surface area (Å²) < 4.78 is 16.2. The van der Waals surface area contributed by atoms with Crippen LogP contribution in [0.15, 0.2) is 30.3 Å². The first-order valence-electron chi connectivity index (χ1n) is 6.10. The van der Waals surface area contributed by atoms with Crippen LogP contribution in [0.1, 0.15) is 12.5 Å². The summed E-state index contributed by atoms with van der Waals surface area (Å²) in [6.07, 6.45) is 3.99. The average molecular weight is 258 g/mol. The zero-order chi connectivity index (χ0) is 13.8. The van der Waals surface area contributed by atoms with E-state index in [1.807, 2.05) is 37.3 Å².